The molecule has 0 spiro atoms. The van der Waals surface area contributed by atoms with Crippen LogP contribution in [0.25, 0.3) is 0 Å². The van der Waals surface area contributed by atoms with Gasteiger partial charge in [0.1, 0.15) is 11.6 Å². The molecule has 2 rings (SSSR count). The summed E-state index contributed by atoms with van der Waals surface area (Å²) in [4.78, 5) is 12.0. The van der Waals surface area contributed by atoms with Crippen molar-refractivity contribution in [2.45, 2.75) is 0 Å². The predicted molar refractivity (Wildman–Crippen MR) is 77.3 cm³/mol. The van der Waals surface area contributed by atoms with Gasteiger partial charge in [0.15, 0.2) is 0 Å². The summed E-state index contributed by atoms with van der Waals surface area (Å²) in [7, 11) is 0. The van der Waals surface area contributed by atoms with Crippen molar-refractivity contribution in [3.05, 3.63) is 52.0 Å². The van der Waals surface area contributed by atoms with Crippen LogP contribution in [0.2, 0.25) is 0 Å². The van der Waals surface area contributed by atoms with E-state index in [0.29, 0.717) is 5.69 Å². The fraction of sp³-hybridized carbons (Fsp3) is 0. The fourth-order valence-electron chi connectivity index (χ4n) is 1.60. The molecule has 0 bridgehead atoms. The molecule has 2 aromatic carbocycles. The number of hydrogen-bond donors (Lipinski definition) is 3. The lowest BCUT2D eigenvalue weighted by Gasteiger charge is -2.09. The molecule has 20 heavy (non-hydrogen) atoms. The molecule has 5 N–H and O–H groups in total. The molecule has 104 valence electrons. The van der Waals surface area contributed by atoms with Crippen molar-refractivity contribution in [2.24, 2.45) is 0 Å². The fourth-order valence-corrected chi connectivity index (χ4v) is 1.91. The first-order valence-electron chi connectivity index (χ1n) is 5.49. The van der Waals surface area contributed by atoms with Crippen LogP contribution in [0.3, 0.4) is 0 Å². The Balaban J connectivity index is 2.30. The number of rotatable bonds is 2. The molecule has 2 aromatic rings. The van der Waals surface area contributed by atoms with Crippen molar-refractivity contribution >= 4 is 38.9 Å². The van der Waals surface area contributed by atoms with Crippen molar-refractivity contribution in [3.63, 3.8) is 0 Å². The Bertz CT molecular complexity index is 692. The highest BCUT2D eigenvalue weighted by atomic mass is 79.9. The molecule has 0 aliphatic rings. The highest BCUT2D eigenvalue weighted by Gasteiger charge is 2.14. The second kappa shape index (κ2) is 5.46. The summed E-state index contributed by atoms with van der Waals surface area (Å²) in [6, 6.07) is 6.12. The molecule has 0 radical (unpaired) electrons. The van der Waals surface area contributed by atoms with Gasteiger partial charge in [0, 0.05) is 17.4 Å². The lowest BCUT2D eigenvalue weighted by Crippen LogP contribution is -2.15. The van der Waals surface area contributed by atoms with Gasteiger partial charge in [-0.3, -0.25) is 4.79 Å². The second-order valence-corrected chi connectivity index (χ2v) is 4.90. The number of carbonyl (C=O) groups is 1. The smallest absolute Gasteiger partial charge is 0.257 e. The van der Waals surface area contributed by atoms with Crippen LogP contribution >= 0.6 is 15.9 Å². The molecule has 0 unspecified atom stereocenters. The number of nitrogen functional groups attached to an aromatic ring is 2. The Morgan fingerprint density at radius 1 is 1.10 bits per heavy atom. The summed E-state index contributed by atoms with van der Waals surface area (Å²) >= 11 is 2.85. The number of hydrogen-bond acceptors (Lipinski definition) is 3. The van der Waals surface area contributed by atoms with E-state index in [2.05, 4.69) is 21.2 Å². The Hall–Kier alpha value is -2.15. The number of halogens is 3. The average Bonchev–Trinajstić information content (AvgIpc) is 2.35. The van der Waals surface area contributed by atoms with E-state index >= 15 is 0 Å². The van der Waals surface area contributed by atoms with Crippen LogP contribution in [0.4, 0.5) is 25.8 Å². The van der Waals surface area contributed by atoms with Crippen LogP contribution in [0.5, 0.6) is 0 Å². The Labute approximate surface area is 121 Å². The Kier molecular flexibility index (Phi) is 3.89. The number of nitrogens with one attached hydrogen (secondary N) is 1. The van der Waals surface area contributed by atoms with Gasteiger partial charge in [-0.1, -0.05) is 0 Å². The average molecular weight is 342 g/mol. The predicted octanol–water partition coefficient (Wildman–Crippen LogP) is 3.14. The van der Waals surface area contributed by atoms with Crippen molar-refractivity contribution in [2.75, 3.05) is 16.8 Å². The molecule has 0 saturated heterocycles. The van der Waals surface area contributed by atoms with E-state index in [1.54, 1.807) is 0 Å². The van der Waals surface area contributed by atoms with E-state index < -0.39 is 17.5 Å². The molecule has 0 fully saturated rings. The molecule has 1 amide bonds. The zero-order valence-electron chi connectivity index (χ0n) is 10.1. The molecule has 7 heteroatoms. The van der Waals surface area contributed by atoms with E-state index in [-0.39, 0.29) is 21.4 Å². The number of anilines is 3. The van der Waals surface area contributed by atoms with Crippen LogP contribution in [0.15, 0.2) is 34.8 Å². The third kappa shape index (κ3) is 2.88. The first-order chi connectivity index (χ1) is 9.38. The molecular formula is C13H10BrF2N3O. The zero-order valence-corrected chi connectivity index (χ0v) is 11.7. The van der Waals surface area contributed by atoms with E-state index in [1.807, 2.05) is 0 Å². The van der Waals surface area contributed by atoms with Crippen molar-refractivity contribution in [1.82, 2.24) is 0 Å². The first kappa shape index (κ1) is 14.3. The minimum atomic E-state index is -0.763. The van der Waals surface area contributed by atoms with E-state index in [1.165, 1.54) is 18.2 Å². The summed E-state index contributed by atoms with van der Waals surface area (Å²) in [5, 5.41) is 2.26. The van der Waals surface area contributed by atoms with Crippen molar-refractivity contribution < 1.29 is 13.6 Å². The van der Waals surface area contributed by atoms with Crippen molar-refractivity contribution in [1.29, 1.82) is 0 Å². The van der Waals surface area contributed by atoms with Gasteiger partial charge >= 0.3 is 0 Å². The maximum Gasteiger partial charge on any atom is 0.257 e. The first-order valence-corrected chi connectivity index (χ1v) is 6.28. The van der Waals surface area contributed by atoms with Gasteiger partial charge < -0.3 is 16.8 Å². The van der Waals surface area contributed by atoms with E-state index in [4.69, 9.17) is 11.5 Å². The van der Waals surface area contributed by atoms with E-state index in [0.717, 1.165) is 12.1 Å². The minimum absolute atomic E-state index is 0.0278. The number of carbonyl (C=O) groups excluding carboxylic acids is 1. The summed E-state index contributed by atoms with van der Waals surface area (Å²) in [5.74, 6) is -2.10. The Morgan fingerprint density at radius 2 is 1.80 bits per heavy atom. The normalized spacial score (nSPS) is 10.3. The monoisotopic (exact) mass is 341 g/mol. The standard InChI is InChI=1S/C13H10BrF2N3O/c14-8-4-10(16)12(5-9(8)15)19-13(20)7-2-1-6(17)3-11(7)18/h1-5H,17-18H2,(H,19,20). The maximum absolute atomic E-state index is 13.6. The molecule has 0 aliphatic carbocycles. The zero-order chi connectivity index (χ0) is 14.9. The van der Waals surface area contributed by atoms with Crippen LogP contribution in [0, 0.1) is 11.6 Å². The third-order valence-corrected chi connectivity index (χ3v) is 3.19. The van der Waals surface area contributed by atoms with Crippen LogP contribution < -0.4 is 16.8 Å². The second-order valence-electron chi connectivity index (χ2n) is 4.05. The highest BCUT2D eigenvalue weighted by molar-refractivity contribution is 9.10. The summed E-state index contributed by atoms with van der Waals surface area (Å²) < 4.78 is 26.9. The number of benzene rings is 2. The highest BCUT2D eigenvalue weighted by Crippen LogP contribution is 2.24. The van der Waals surface area contributed by atoms with Gasteiger partial charge in [-0.25, -0.2) is 8.78 Å². The van der Waals surface area contributed by atoms with Gasteiger partial charge in [-0.2, -0.15) is 0 Å². The van der Waals surface area contributed by atoms with Gasteiger partial charge in [-0.15, -0.1) is 0 Å². The number of amides is 1. The van der Waals surface area contributed by atoms with Gasteiger partial charge in [0.25, 0.3) is 5.91 Å². The Morgan fingerprint density at radius 3 is 2.45 bits per heavy atom. The topological polar surface area (TPSA) is 81.1 Å². The largest absolute Gasteiger partial charge is 0.399 e. The quantitative estimate of drug-likeness (QED) is 0.579. The SMILES string of the molecule is Nc1ccc(C(=O)Nc2cc(F)c(Br)cc2F)c(N)c1. The molecule has 0 heterocycles. The van der Waals surface area contributed by atoms with Gasteiger partial charge in [0.2, 0.25) is 0 Å². The molecule has 0 aromatic heterocycles. The number of nitrogens with two attached hydrogens (primary N) is 2. The third-order valence-electron chi connectivity index (χ3n) is 2.58. The summed E-state index contributed by atoms with van der Waals surface area (Å²) in [6.45, 7) is 0. The van der Waals surface area contributed by atoms with Gasteiger partial charge in [0.05, 0.1) is 15.7 Å². The lowest BCUT2D eigenvalue weighted by atomic mass is 10.1. The minimum Gasteiger partial charge on any atom is -0.399 e. The lowest BCUT2D eigenvalue weighted by molar-refractivity contribution is 0.102. The summed E-state index contributed by atoms with van der Waals surface area (Å²) in [6.07, 6.45) is 0. The van der Waals surface area contributed by atoms with Crippen LogP contribution in [-0.2, 0) is 0 Å². The van der Waals surface area contributed by atoms with Gasteiger partial charge in [-0.05, 0) is 40.2 Å². The summed E-state index contributed by atoms with van der Waals surface area (Å²) in [5.41, 5.74) is 11.6. The molecule has 0 saturated carbocycles. The van der Waals surface area contributed by atoms with Crippen LogP contribution in [0.1, 0.15) is 10.4 Å². The maximum atomic E-state index is 13.6. The molecule has 4 nitrogen and oxygen atoms in total. The molecule has 0 aliphatic heterocycles. The van der Waals surface area contributed by atoms with Crippen LogP contribution in [-0.4, -0.2) is 5.91 Å². The molecule has 0 atom stereocenters. The molecular weight excluding hydrogens is 332 g/mol. The van der Waals surface area contributed by atoms with Crippen molar-refractivity contribution in [3.8, 4) is 0 Å². The van der Waals surface area contributed by atoms with E-state index in [9.17, 15) is 13.6 Å².